The number of nitrogens with one attached hydrogen (secondary N) is 1. The highest BCUT2D eigenvalue weighted by Gasteiger charge is 2.17. The molecule has 0 bridgehead atoms. The van der Waals surface area contributed by atoms with Gasteiger partial charge in [-0.15, -0.1) is 0 Å². The van der Waals surface area contributed by atoms with Crippen molar-refractivity contribution in [2.75, 3.05) is 19.5 Å². The smallest absolute Gasteiger partial charge is 0.248 e. The normalized spacial score (nSPS) is 11.5. The number of fused-ring (bicyclic) bond motifs is 1. The van der Waals surface area contributed by atoms with Crippen molar-refractivity contribution in [1.82, 2.24) is 0 Å². The zero-order chi connectivity index (χ0) is 23.5. The van der Waals surface area contributed by atoms with Gasteiger partial charge in [0.2, 0.25) is 5.91 Å². The van der Waals surface area contributed by atoms with Crippen molar-refractivity contribution in [2.45, 2.75) is 13.8 Å². The second kappa shape index (κ2) is 9.43. The number of carbonyl (C=O) groups is 1. The van der Waals surface area contributed by atoms with Gasteiger partial charge in [0, 0.05) is 44.9 Å². The Labute approximate surface area is 197 Å². The molecule has 0 aliphatic rings. The Morgan fingerprint density at radius 2 is 1.76 bits per heavy atom. The van der Waals surface area contributed by atoms with Crippen LogP contribution >= 0.6 is 11.6 Å². The Hall–Kier alpha value is -3.70. The van der Waals surface area contributed by atoms with Gasteiger partial charge < -0.3 is 19.2 Å². The number of aryl methyl sites for hydroxylation is 1. The molecule has 0 spiro atoms. The molecule has 1 heterocycles. The topological polar surface area (TPSA) is 60.7 Å². The number of methoxy groups -OCH3 is 2. The zero-order valence-corrected chi connectivity index (χ0v) is 19.6. The first-order valence-electron chi connectivity index (χ1n) is 10.4. The number of allylic oxidation sites excluding steroid dienone is 1. The van der Waals surface area contributed by atoms with Crippen LogP contribution in [0.5, 0.6) is 11.5 Å². The molecule has 4 aromatic rings. The zero-order valence-electron chi connectivity index (χ0n) is 18.9. The van der Waals surface area contributed by atoms with E-state index in [1.165, 1.54) is 0 Å². The molecule has 0 aliphatic carbocycles. The van der Waals surface area contributed by atoms with E-state index in [0.717, 1.165) is 39.0 Å². The van der Waals surface area contributed by atoms with E-state index in [-0.39, 0.29) is 5.91 Å². The Bertz CT molecular complexity index is 1370. The molecule has 0 unspecified atom stereocenters. The van der Waals surface area contributed by atoms with Crippen molar-refractivity contribution in [3.63, 3.8) is 0 Å². The number of carbonyl (C=O) groups excluding carboxylic acids is 1. The van der Waals surface area contributed by atoms with Gasteiger partial charge in [-0.25, -0.2) is 0 Å². The van der Waals surface area contributed by atoms with Crippen LogP contribution in [0.2, 0.25) is 5.02 Å². The van der Waals surface area contributed by atoms with Gasteiger partial charge in [0.05, 0.1) is 20.5 Å². The molecule has 3 aromatic carbocycles. The third-order valence-electron chi connectivity index (χ3n) is 5.52. The van der Waals surface area contributed by atoms with Crippen LogP contribution < -0.4 is 14.8 Å². The lowest BCUT2D eigenvalue weighted by Crippen LogP contribution is -2.09. The van der Waals surface area contributed by atoms with Crippen LogP contribution in [0, 0.1) is 6.92 Å². The van der Waals surface area contributed by atoms with Gasteiger partial charge in [0.25, 0.3) is 0 Å². The first kappa shape index (κ1) is 22.5. The molecule has 0 radical (unpaired) electrons. The van der Waals surface area contributed by atoms with E-state index in [0.29, 0.717) is 22.0 Å². The van der Waals surface area contributed by atoms with E-state index < -0.39 is 0 Å². The number of ether oxygens (including phenoxy) is 2. The quantitative estimate of drug-likeness (QED) is 0.310. The maximum atomic E-state index is 12.7. The van der Waals surface area contributed by atoms with Gasteiger partial charge in [-0.2, -0.15) is 0 Å². The number of hydrogen-bond donors (Lipinski definition) is 1. The average Bonchev–Trinajstić information content (AvgIpc) is 3.23. The fourth-order valence-electron chi connectivity index (χ4n) is 3.78. The van der Waals surface area contributed by atoms with Gasteiger partial charge in [-0.3, -0.25) is 4.79 Å². The summed E-state index contributed by atoms with van der Waals surface area (Å²) in [6, 6.07) is 17.0. The highest BCUT2D eigenvalue weighted by molar-refractivity contribution is 6.31. The highest BCUT2D eigenvalue weighted by atomic mass is 35.5. The lowest BCUT2D eigenvalue weighted by Gasteiger charge is -2.11. The molecule has 1 aromatic heterocycles. The molecule has 33 heavy (non-hydrogen) atoms. The van der Waals surface area contributed by atoms with Crippen molar-refractivity contribution in [3.05, 3.63) is 83.1 Å². The lowest BCUT2D eigenvalue weighted by atomic mass is 9.98. The minimum Gasteiger partial charge on any atom is -0.496 e. The molecule has 1 N–H and O–H groups in total. The molecular formula is C27H24ClNO4. The highest BCUT2D eigenvalue weighted by Crippen LogP contribution is 2.40. The van der Waals surface area contributed by atoms with Crippen LogP contribution in [0.25, 0.3) is 27.7 Å². The predicted octanol–water partition coefficient (Wildman–Crippen LogP) is 7.12. The van der Waals surface area contributed by atoms with Crippen molar-refractivity contribution < 1.29 is 18.7 Å². The fourth-order valence-corrected chi connectivity index (χ4v) is 3.95. The van der Waals surface area contributed by atoms with Gasteiger partial charge in [-0.05, 0) is 49.2 Å². The maximum absolute atomic E-state index is 12.7. The molecule has 1 amide bonds. The van der Waals surface area contributed by atoms with Gasteiger partial charge in [0.1, 0.15) is 17.1 Å². The molecule has 0 fully saturated rings. The first-order valence-corrected chi connectivity index (χ1v) is 10.8. The number of hydrogen-bond acceptors (Lipinski definition) is 4. The lowest BCUT2D eigenvalue weighted by molar-refractivity contribution is -0.111. The standard InChI is InChI=1S/C27H24ClNO4/c1-16-9-10-18(28)12-23(16)29-27(30)11-17(2)20-13-21-22(15-33-26(21)14-25(20)32-4)19-7-5-6-8-24(19)31-3/h5-15H,1-4H3,(H,29,30)/b17-11+. The van der Waals surface area contributed by atoms with E-state index in [2.05, 4.69) is 5.32 Å². The molecule has 0 saturated carbocycles. The minimum atomic E-state index is -0.253. The monoisotopic (exact) mass is 461 g/mol. The number of benzene rings is 3. The summed E-state index contributed by atoms with van der Waals surface area (Å²) in [5, 5.41) is 4.36. The number of rotatable bonds is 6. The summed E-state index contributed by atoms with van der Waals surface area (Å²) >= 11 is 6.07. The molecule has 5 nitrogen and oxygen atoms in total. The van der Waals surface area contributed by atoms with Crippen molar-refractivity contribution in [1.29, 1.82) is 0 Å². The van der Waals surface area contributed by atoms with Crippen molar-refractivity contribution >= 4 is 39.7 Å². The fraction of sp³-hybridized carbons (Fsp3) is 0.148. The second-order valence-electron chi connectivity index (χ2n) is 7.67. The molecule has 6 heteroatoms. The number of furan rings is 1. The van der Waals surface area contributed by atoms with Gasteiger partial charge >= 0.3 is 0 Å². The van der Waals surface area contributed by atoms with E-state index in [1.54, 1.807) is 38.7 Å². The Morgan fingerprint density at radius 3 is 2.52 bits per heavy atom. The first-order chi connectivity index (χ1) is 15.9. The van der Waals surface area contributed by atoms with Gasteiger partial charge in [-0.1, -0.05) is 35.9 Å². The third kappa shape index (κ3) is 4.59. The maximum Gasteiger partial charge on any atom is 0.248 e. The number of amides is 1. The second-order valence-corrected chi connectivity index (χ2v) is 8.11. The van der Waals surface area contributed by atoms with Crippen molar-refractivity contribution in [2.24, 2.45) is 0 Å². The molecule has 0 atom stereocenters. The van der Waals surface area contributed by atoms with Crippen LogP contribution in [0.15, 0.2) is 71.4 Å². The minimum absolute atomic E-state index is 0.253. The van der Waals surface area contributed by atoms with E-state index in [4.69, 9.17) is 25.5 Å². The Morgan fingerprint density at radius 1 is 1.00 bits per heavy atom. The summed E-state index contributed by atoms with van der Waals surface area (Å²) in [5.41, 5.74) is 5.65. The van der Waals surface area contributed by atoms with Crippen LogP contribution in [-0.2, 0) is 4.79 Å². The summed E-state index contributed by atoms with van der Waals surface area (Å²) in [6.07, 6.45) is 3.26. The summed E-state index contributed by atoms with van der Waals surface area (Å²) in [6.45, 7) is 3.79. The molecule has 4 rings (SSSR count). The SMILES string of the molecule is COc1cc2occ(-c3ccccc3OC)c2cc1/C(C)=C/C(=O)Nc1cc(Cl)ccc1C. The summed E-state index contributed by atoms with van der Waals surface area (Å²) in [5.74, 6) is 1.11. The summed E-state index contributed by atoms with van der Waals surface area (Å²) in [7, 11) is 3.24. The largest absolute Gasteiger partial charge is 0.496 e. The van der Waals surface area contributed by atoms with E-state index in [1.807, 2.05) is 56.3 Å². The van der Waals surface area contributed by atoms with E-state index >= 15 is 0 Å². The number of halogens is 1. The van der Waals surface area contributed by atoms with Crippen molar-refractivity contribution in [3.8, 4) is 22.6 Å². The van der Waals surface area contributed by atoms with Gasteiger partial charge in [0.15, 0.2) is 0 Å². The molecule has 168 valence electrons. The third-order valence-corrected chi connectivity index (χ3v) is 5.76. The van der Waals surface area contributed by atoms with E-state index in [9.17, 15) is 4.79 Å². The van der Waals surface area contributed by atoms with Crippen LogP contribution in [-0.4, -0.2) is 20.1 Å². The molecule has 0 saturated heterocycles. The predicted molar refractivity (Wildman–Crippen MR) is 133 cm³/mol. The van der Waals surface area contributed by atoms with Crippen LogP contribution in [0.3, 0.4) is 0 Å². The average molecular weight is 462 g/mol. The Kier molecular flexibility index (Phi) is 6.43. The Balaban J connectivity index is 1.74. The van der Waals surface area contributed by atoms with Crippen LogP contribution in [0.1, 0.15) is 18.1 Å². The van der Waals surface area contributed by atoms with Crippen LogP contribution in [0.4, 0.5) is 5.69 Å². The number of para-hydroxylation sites is 1. The number of anilines is 1. The summed E-state index contributed by atoms with van der Waals surface area (Å²) in [4.78, 5) is 12.7. The summed E-state index contributed by atoms with van der Waals surface area (Å²) < 4.78 is 16.9. The molecular weight excluding hydrogens is 438 g/mol. The molecule has 0 aliphatic heterocycles.